The molecular formula is C13H17N3O2S. The van der Waals surface area contributed by atoms with Crippen LogP contribution in [0.25, 0.3) is 10.1 Å². The van der Waals surface area contributed by atoms with E-state index in [1.807, 2.05) is 13.8 Å². The topological polar surface area (TPSA) is 88.2 Å². The Morgan fingerprint density at radius 2 is 2.32 bits per heavy atom. The molecule has 102 valence electrons. The first-order valence-corrected chi connectivity index (χ1v) is 6.81. The molecule has 2 aromatic rings. The first-order valence-electron chi connectivity index (χ1n) is 6.00. The summed E-state index contributed by atoms with van der Waals surface area (Å²) < 4.78 is 0.894. The molecule has 0 radical (unpaired) electrons. The number of hydrogen-bond acceptors (Lipinski definition) is 5. The summed E-state index contributed by atoms with van der Waals surface area (Å²) in [4.78, 5) is 16.8. The van der Waals surface area contributed by atoms with Crippen LogP contribution in [0.3, 0.4) is 0 Å². The van der Waals surface area contributed by atoms with Crippen LogP contribution < -0.4 is 11.1 Å². The van der Waals surface area contributed by atoms with E-state index in [0.717, 1.165) is 10.1 Å². The number of aliphatic hydroxyl groups excluding tert-OH is 1. The summed E-state index contributed by atoms with van der Waals surface area (Å²) in [6.45, 7) is 3.76. The van der Waals surface area contributed by atoms with Crippen molar-refractivity contribution in [2.45, 2.75) is 25.8 Å². The maximum Gasteiger partial charge on any atom is 0.263 e. The van der Waals surface area contributed by atoms with Gasteiger partial charge in [0.05, 0.1) is 10.4 Å². The fraction of sp³-hybridized carbons (Fsp3) is 0.385. The Bertz CT molecular complexity index is 607. The normalized spacial score (nSPS) is 11.7. The molecule has 0 fully saturated rings. The average Bonchev–Trinajstić information content (AvgIpc) is 2.67. The quantitative estimate of drug-likeness (QED) is 0.796. The van der Waals surface area contributed by atoms with Gasteiger partial charge in [-0.3, -0.25) is 9.78 Å². The lowest BCUT2D eigenvalue weighted by Crippen LogP contribution is -2.43. The number of nitrogens with one attached hydrogen (secondary N) is 1. The van der Waals surface area contributed by atoms with Crippen LogP contribution in [0.4, 0.5) is 5.69 Å². The lowest BCUT2D eigenvalue weighted by Gasteiger charge is -2.25. The van der Waals surface area contributed by atoms with Gasteiger partial charge in [-0.1, -0.05) is 0 Å². The van der Waals surface area contributed by atoms with Crippen LogP contribution in [0.2, 0.25) is 0 Å². The van der Waals surface area contributed by atoms with Crippen molar-refractivity contribution in [1.82, 2.24) is 10.3 Å². The van der Waals surface area contributed by atoms with Gasteiger partial charge in [0.1, 0.15) is 4.88 Å². The molecule has 0 aliphatic heterocycles. The Labute approximate surface area is 115 Å². The van der Waals surface area contributed by atoms with E-state index in [2.05, 4.69) is 10.3 Å². The molecule has 4 N–H and O–H groups in total. The van der Waals surface area contributed by atoms with Crippen molar-refractivity contribution in [3.63, 3.8) is 0 Å². The standard InChI is InChI=1S/C13H17N3O2S/c1-13(2,4-6-17)16-12(18)11-10(14)8-3-5-15-7-9(8)19-11/h3,5,7,17H,4,6,14H2,1-2H3,(H,16,18). The van der Waals surface area contributed by atoms with Gasteiger partial charge in [-0.05, 0) is 26.3 Å². The molecule has 0 aliphatic rings. The maximum atomic E-state index is 12.2. The van der Waals surface area contributed by atoms with Crippen molar-refractivity contribution in [2.75, 3.05) is 12.3 Å². The summed E-state index contributed by atoms with van der Waals surface area (Å²) >= 11 is 1.33. The number of aliphatic hydroxyl groups is 1. The smallest absolute Gasteiger partial charge is 0.263 e. The minimum Gasteiger partial charge on any atom is -0.397 e. The Kier molecular flexibility index (Phi) is 3.73. The number of nitrogen functional groups attached to an aromatic ring is 1. The molecule has 0 aromatic carbocycles. The fourth-order valence-corrected chi connectivity index (χ4v) is 2.83. The summed E-state index contributed by atoms with van der Waals surface area (Å²) in [7, 11) is 0. The van der Waals surface area contributed by atoms with Gasteiger partial charge in [-0.2, -0.15) is 0 Å². The molecule has 0 bridgehead atoms. The monoisotopic (exact) mass is 279 g/mol. The van der Waals surface area contributed by atoms with Gasteiger partial charge >= 0.3 is 0 Å². The number of anilines is 1. The second-order valence-electron chi connectivity index (χ2n) is 5.03. The van der Waals surface area contributed by atoms with E-state index in [1.54, 1.807) is 18.5 Å². The van der Waals surface area contributed by atoms with Gasteiger partial charge in [0, 0.05) is 29.9 Å². The third kappa shape index (κ3) is 2.85. The molecule has 6 heteroatoms. The van der Waals surface area contributed by atoms with Crippen LogP contribution in [-0.4, -0.2) is 28.1 Å². The Balaban J connectivity index is 2.29. The Morgan fingerprint density at radius 3 is 2.95 bits per heavy atom. The molecule has 0 atom stereocenters. The van der Waals surface area contributed by atoms with Gasteiger partial charge < -0.3 is 16.2 Å². The molecule has 2 aromatic heterocycles. The van der Waals surface area contributed by atoms with E-state index >= 15 is 0 Å². The summed E-state index contributed by atoms with van der Waals surface area (Å²) in [6, 6.07) is 1.80. The van der Waals surface area contributed by atoms with Crippen molar-refractivity contribution in [2.24, 2.45) is 0 Å². The number of aromatic nitrogens is 1. The van der Waals surface area contributed by atoms with Gasteiger partial charge in [0.15, 0.2) is 0 Å². The number of rotatable bonds is 4. The molecule has 0 spiro atoms. The van der Waals surface area contributed by atoms with Crippen LogP contribution in [0.5, 0.6) is 0 Å². The lowest BCUT2D eigenvalue weighted by atomic mass is 10.0. The van der Waals surface area contributed by atoms with E-state index in [0.29, 0.717) is 17.0 Å². The van der Waals surface area contributed by atoms with Crippen LogP contribution in [-0.2, 0) is 0 Å². The summed E-state index contributed by atoms with van der Waals surface area (Å²) in [5.41, 5.74) is 6.03. The zero-order chi connectivity index (χ0) is 14.0. The number of hydrogen-bond donors (Lipinski definition) is 3. The molecule has 0 aliphatic carbocycles. The Morgan fingerprint density at radius 1 is 1.58 bits per heavy atom. The highest BCUT2D eigenvalue weighted by Gasteiger charge is 2.23. The molecule has 19 heavy (non-hydrogen) atoms. The Hall–Kier alpha value is -1.66. The predicted molar refractivity (Wildman–Crippen MR) is 77.3 cm³/mol. The maximum absolute atomic E-state index is 12.2. The molecule has 0 saturated carbocycles. The average molecular weight is 279 g/mol. The highest BCUT2D eigenvalue weighted by atomic mass is 32.1. The number of nitrogens with two attached hydrogens (primary N) is 1. The predicted octanol–water partition coefficient (Wildman–Crippen LogP) is 1.77. The van der Waals surface area contributed by atoms with Crippen molar-refractivity contribution < 1.29 is 9.90 Å². The molecule has 5 nitrogen and oxygen atoms in total. The van der Waals surface area contributed by atoms with E-state index in [-0.39, 0.29) is 12.5 Å². The van der Waals surface area contributed by atoms with Crippen LogP contribution in [0.15, 0.2) is 18.5 Å². The van der Waals surface area contributed by atoms with Crippen molar-refractivity contribution >= 4 is 33.0 Å². The highest BCUT2D eigenvalue weighted by molar-refractivity contribution is 7.21. The number of pyridine rings is 1. The van der Waals surface area contributed by atoms with E-state index in [9.17, 15) is 4.79 Å². The zero-order valence-corrected chi connectivity index (χ0v) is 11.8. The molecule has 0 unspecified atom stereocenters. The molecule has 2 heterocycles. The van der Waals surface area contributed by atoms with Gasteiger partial charge in [0.2, 0.25) is 0 Å². The number of carbonyl (C=O) groups is 1. The number of carbonyl (C=O) groups excluding carboxylic acids is 1. The van der Waals surface area contributed by atoms with Crippen molar-refractivity contribution in [3.8, 4) is 0 Å². The van der Waals surface area contributed by atoms with Crippen LogP contribution in [0, 0.1) is 0 Å². The van der Waals surface area contributed by atoms with Gasteiger partial charge in [0.25, 0.3) is 5.91 Å². The van der Waals surface area contributed by atoms with Crippen molar-refractivity contribution in [1.29, 1.82) is 0 Å². The van der Waals surface area contributed by atoms with Gasteiger partial charge in [-0.15, -0.1) is 11.3 Å². The number of amides is 1. The third-order valence-electron chi connectivity index (χ3n) is 2.93. The first-order chi connectivity index (χ1) is 8.94. The summed E-state index contributed by atoms with van der Waals surface area (Å²) in [5, 5.41) is 12.7. The third-order valence-corrected chi connectivity index (χ3v) is 4.08. The number of fused-ring (bicyclic) bond motifs is 1. The molecule has 0 saturated heterocycles. The number of thiophene rings is 1. The van der Waals surface area contributed by atoms with E-state index in [1.165, 1.54) is 11.3 Å². The van der Waals surface area contributed by atoms with Crippen LogP contribution >= 0.6 is 11.3 Å². The SMILES string of the molecule is CC(C)(CCO)NC(=O)c1sc2cnccc2c1N. The fourth-order valence-electron chi connectivity index (χ4n) is 1.85. The van der Waals surface area contributed by atoms with Crippen molar-refractivity contribution in [3.05, 3.63) is 23.3 Å². The van der Waals surface area contributed by atoms with Crippen LogP contribution in [0.1, 0.15) is 29.9 Å². The van der Waals surface area contributed by atoms with Gasteiger partial charge in [-0.25, -0.2) is 0 Å². The minimum absolute atomic E-state index is 0.0269. The minimum atomic E-state index is -0.466. The lowest BCUT2D eigenvalue weighted by molar-refractivity contribution is 0.0904. The van der Waals surface area contributed by atoms with E-state index < -0.39 is 5.54 Å². The second-order valence-corrected chi connectivity index (χ2v) is 6.08. The molecular weight excluding hydrogens is 262 g/mol. The summed E-state index contributed by atoms with van der Waals surface area (Å²) in [5.74, 6) is -0.211. The first kappa shape index (κ1) is 13.8. The molecule has 1 amide bonds. The number of nitrogens with zero attached hydrogens (tertiary/aromatic N) is 1. The summed E-state index contributed by atoms with van der Waals surface area (Å²) in [6.07, 6.45) is 3.85. The molecule has 2 rings (SSSR count). The zero-order valence-electron chi connectivity index (χ0n) is 10.9. The second kappa shape index (κ2) is 5.14. The van der Waals surface area contributed by atoms with E-state index in [4.69, 9.17) is 10.8 Å². The highest BCUT2D eigenvalue weighted by Crippen LogP contribution is 2.33. The largest absolute Gasteiger partial charge is 0.397 e.